The second-order valence-electron chi connectivity index (χ2n) is 9.33. The maximum absolute atomic E-state index is 13.2. The lowest BCUT2D eigenvalue weighted by atomic mass is 9.90. The number of allylic oxidation sites excluding steroid dienone is 1. The lowest BCUT2D eigenvalue weighted by Gasteiger charge is -2.49. The number of β-lactam (4-membered cyclic amide) rings is 1. The van der Waals surface area contributed by atoms with Gasteiger partial charge in [0.25, 0.3) is 11.8 Å². The summed E-state index contributed by atoms with van der Waals surface area (Å²) in [6, 6.07) is -0.918. The van der Waals surface area contributed by atoms with E-state index in [0.717, 1.165) is 37.0 Å². The van der Waals surface area contributed by atoms with E-state index in [4.69, 9.17) is 20.0 Å². The van der Waals surface area contributed by atoms with E-state index in [0.29, 0.717) is 17.2 Å². The number of esters is 2. The van der Waals surface area contributed by atoms with Crippen molar-refractivity contribution < 1.29 is 33.5 Å². The van der Waals surface area contributed by atoms with Crippen LogP contribution in [0.4, 0.5) is 5.13 Å². The number of aromatic nitrogens is 1. The topological polar surface area (TPSA) is 163 Å². The molecule has 3 aliphatic rings. The Morgan fingerprint density at radius 2 is 2.03 bits per heavy atom. The Labute approximate surface area is 234 Å². The van der Waals surface area contributed by atoms with Gasteiger partial charge in [-0.15, -0.1) is 23.1 Å². The molecule has 1 aromatic heterocycles. The molecule has 1 saturated carbocycles. The molecular formula is C25H31N5O7S2. The molecule has 12 nitrogen and oxygen atoms in total. The Bertz CT molecular complexity index is 1240. The third-order valence-corrected chi connectivity index (χ3v) is 8.74. The molecule has 0 unspecified atom stereocenters. The molecule has 14 heteroatoms. The number of amides is 2. The van der Waals surface area contributed by atoms with Crippen LogP contribution in [0.5, 0.6) is 0 Å². The Balaban J connectivity index is 1.40. The molecule has 2 atom stereocenters. The van der Waals surface area contributed by atoms with E-state index in [1.54, 1.807) is 19.2 Å². The second kappa shape index (κ2) is 12.6. The fourth-order valence-corrected chi connectivity index (χ4v) is 6.49. The predicted octanol–water partition coefficient (Wildman–Crippen LogP) is 2.32. The first-order valence-corrected chi connectivity index (χ1v) is 14.5. The number of carbonyl (C=O) groups excluding carboxylic acids is 4. The van der Waals surface area contributed by atoms with Crippen LogP contribution in [0, 0.1) is 5.92 Å². The number of hydrogen-bond donors (Lipinski definition) is 2. The number of anilines is 1. The fraction of sp³-hybridized carbons (Fsp3) is 0.520. The van der Waals surface area contributed by atoms with Crippen LogP contribution in [-0.4, -0.2) is 70.2 Å². The Hall–Kier alpha value is -3.39. The van der Waals surface area contributed by atoms with Crippen molar-refractivity contribution in [3.63, 3.8) is 0 Å². The first kappa shape index (κ1) is 28.6. The van der Waals surface area contributed by atoms with Crippen LogP contribution in [0.15, 0.2) is 33.6 Å². The molecule has 0 aromatic carbocycles. The quantitative estimate of drug-likeness (QED) is 0.111. The number of rotatable bonds is 9. The summed E-state index contributed by atoms with van der Waals surface area (Å²) in [5.74, 6) is -2.22. The van der Waals surface area contributed by atoms with Crippen molar-refractivity contribution in [2.75, 3.05) is 25.2 Å². The lowest BCUT2D eigenvalue weighted by Crippen LogP contribution is -2.71. The van der Waals surface area contributed by atoms with Gasteiger partial charge in [0, 0.05) is 11.1 Å². The predicted molar refractivity (Wildman–Crippen MR) is 145 cm³/mol. The fourth-order valence-electron chi connectivity index (χ4n) is 4.65. The summed E-state index contributed by atoms with van der Waals surface area (Å²) in [6.45, 7) is 3.56. The van der Waals surface area contributed by atoms with E-state index in [9.17, 15) is 19.2 Å². The van der Waals surface area contributed by atoms with Crippen LogP contribution in [-0.2, 0) is 33.5 Å². The van der Waals surface area contributed by atoms with Crippen molar-refractivity contribution in [2.45, 2.75) is 57.4 Å². The van der Waals surface area contributed by atoms with E-state index < -0.39 is 35.2 Å². The number of nitrogen functional groups attached to an aromatic ring is 1. The van der Waals surface area contributed by atoms with Crippen molar-refractivity contribution >= 4 is 57.7 Å². The average molecular weight is 578 g/mol. The lowest BCUT2D eigenvalue weighted by molar-refractivity contribution is -0.155. The molecule has 2 amide bonds. The molecule has 2 aliphatic heterocycles. The highest BCUT2D eigenvalue weighted by atomic mass is 32.2. The summed E-state index contributed by atoms with van der Waals surface area (Å²) in [7, 11) is 1.28. The van der Waals surface area contributed by atoms with E-state index in [1.165, 1.54) is 36.3 Å². The zero-order valence-electron chi connectivity index (χ0n) is 21.9. The van der Waals surface area contributed by atoms with E-state index in [2.05, 4.69) is 15.5 Å². The van der Waals surface area contributed by atoms with Crippen molar-refractivity contribution in [2.24, 2.45) is 11.1 Å². The SMILES string of the molecule is C/C=C(\OC(=O)C1=C(C)CS[C@@H]2[C@H](NC(=O)/C(=N\OC)c3csc(N)n3)C(=O)N12)C(=O)OCC1CCCCC1. The molecular weight excluding hydrogens is 546 g/mol. The third kappa shape index (κ3) is 6.27. The number of nitrogens with zero attached hydrogens (tertiary/aromatic N) is 3. The highest BCUT2D eigenvalue weighted by molar-refractivity contribution is 8.00. The summed E-state index contributed by atoms with van der Waals surface area (Å²) >= 11 is 2.52. The van der Waals surface area contributed by atoms with E-state index in [1.807, 2.05) is 0 Å². The standard InChI is InChI=1S/C25H31N5O7S2/c1-4-16(23(33)36-10-14-8-6-5-7-9-14)37-24(34)19-13(2)11-38-22-18(21(32)30(19)22)28-20(31)17(29-35-3)15-12-39-25(26)27-15/h4,12,14,18,22H,5-11H2,1-3H3,(H2,26,27)(H,28,31)/b16-4-,29-17-/t18-,22-/m1/s1. The minimum atomic E-state index is -0.918. The van der Waals surface area contributed by atoms with Crippen LogP contribution in [0.25, 0.3) is 0 Å². The zero-order chi connectivity index (χ0) is 28.1. The summed E-state index contributed by atoms with van der Waals surface area (Å²) in [5.41, 5.74) is 6.41. The van der Waals surface area contributed by atoms with Gasteiger partial charge in [-0.1, -0.05) is 24.4 Å². The Morgan fingerprint density at radius 3 is 2.67 bits per heavy atom. The molecule has 0 spiro atoms. The van der Waals surface area contributed by atoms with Crippen LogP contribution < -0.4 is 11.1 Å². The normalized spacial score (nSPS) is 22.1. The summed E-state index contributed by atoms with van der Waals surface area (Å²) < 4.78 is 10.8. The smallest absolute Gasteiger partial charge is 0.374 e. The van der Waals surface area contributed by atoms with Gasteiger partial charge < -0.3 is 25.4 Å². The minimum Gasteiger partial charge on any atom is -0.460 e. The van der Waals surface area contributed by atoms with Crippen LogP contribution in [0.2, 0.25) is 0 Å². The molecule has 0 bridgehead atoms. The van der Waals surface area contributed by atoms with Crippen molar-refractivity contribution in [3.8, 4) is 0 Å². The number of nitrogens with two attached hydrogens (primary N) is 1. The molecule has 3 N–H and O–H groups in total. The van der Waals surface area contributed by atoms with Gasteiger partial charge in [0.2, 0.25) is 5.76 Å². The van der Waals surface area contributed by atoms with Gasteiger partial charge >= 0.3 is 11.9 Å². The first-order chi connectivity index (χ1) is 18.7. The highest BCUT2D eigenvalue weighted by Crippen LogP contribution is 2.40. The Kier molecular flexibility index (Phi) is 9.28. The number of oxime groups is 1. The monoisotopic (exact) mass is 577 g/mol. The van der Waals surface area contributed by atoms with Crippen LogP contribution in [0.3, 0.4) is 0 Å². The second-order valence-corrected chi connectivity index (χ2v) is 11.3. The van der Waals surface area contributed by atoms with Crippen LogP contribution >= 0.6 is 23.1 Å². The van der Waals surface area contributed by atoms with Gasteiger partial charge in [-0.2, -0.15) is 0 Å². The largest absolute Gasteiger partial charge is 0.460 e. The number of nitrogens with one attached hydrogen (secondary N) is 1. The molecule has 4 rings (SSSR count). The summed E-state index contributed by atoms with van der Waals surface area (Å²) in [4.78, 5) is 61.9. The van der Waals surface area contributed by atoms with Crippen molar-refractivity contribution in [1.82, 2.24) is 15.2 Å². The Morgan fingerprint density at radius 1 is 1.28 bits per heavy atom. The third-order valence-electron chi connectivity index (χ3n) is 6.64. The van der Waals surface area contributed by atoms with Gasteiger partial charge in [0.1, 0.15) is 29.9 Å². The van der Waals surface area contributed by atoms with Gasteiger partial charge in [0.05, 0.1) is 6.61 Å². The molecule has 1 aliphatic carbocycles. The van der Waals surface area contributed by atoms with Gasteiger partial charge in [-0.25, -0.2) is 14.6 Å². The summed E-state index contributed by atoms with van der Waals surface area (Å²) in [6.07, 6.45) is 6.81. The number of thioether (sulfide) groups is 1. The van der Waals surface area contributed by atoms with E-state index in [-0.39, 0.29) is 34.6 Å². The molecule has 1 saturated heterocycles. The minimum absolute atomic E-state index is 0.0479. The van der Waals surface area contributed by atoms with Crippen molar-refractivity contribution in [3.05, 3.63) is 34.2 Å². The maximum atomic E-state index is 13.2. The number of ether oxygens (including phenoxy) is 2. The first-order valence-electron chi connectivity index (χ1n) is 12.6. The zero-order valence-corrected chi connectivity index (χ0v) is 23.6. The van der Waals surface area contributed by atoms with Gasteiger partial charge in [0.15, 0.2) is 10.8 Å². The molecule has 39 heavy (non-hydrogen) atoms. The number of thiazole rings is 1. The number of hydrogen-bond acceptors (Lipinski definition) is 12. The molecule has 0 radical (unpaired) electrons. The maximum Gasteiger partial charge on any atom is 0.374 e. The van der Waals surface area contributed by atoms with Crippen LogP contribution in [0.1, 0.15) is 51.6 Å². The van der Waals surface area contributed by atoms with Gasteiger partial charge in [-0.3, -0.25) is 14.5 Å². The molecule has 210 valence electrons. The van der Waals surface area contributed by atoms with Gasteiger partial charge in [-0.05, 0) is 44.3 Å². The number of fused-ring (bicyclic) bond motifs is 1. The summed E-state index contributed by atoms with van der Waals surface area (Å²) in [5, 5.41) is 7.63. The highest BCUT2D eigenvalue weighted by Gasteiger charge is 2.54. The number of carbonyl (C=O) groups is 4. The average Bonchev–Trinajstić information content (AvgIpc) is 3.37. The van der Waals surface area contributed by atoms with Crippen molar-refractivity contribution in [1.29, 1.82) is 0 Å². The molecule has 2 fully saturated rings. The van der Waals surface area contributed by atoms with E-state index >= 15 is 0 Å². The molecule has 1 aromatic rings. The molecule has 3 heterocycles.